The molecule has 2 aromatic heterocycles. The Morgan fingerprint density at radius 1 is 0.943 bits per heavy atom. The number of aryl methyl sites for hydroxylation is 1. The van der Waals surface area contributed by atoms with Gasteiger partial charge in [-0.2, -0.15) is 0 Å². The van der Waals surface area contributed by atoms with Crippen molar-refractivity contribution in [3.8, 4) is 11.1 Å². The predicted octanol–water partition coefficient (Wildman–Crippen LogP) is 5.27. The van der Waals surface area contributed by atoms with E-state index in [-0.39, 0.29) is 41.8 Å². The van der Waals surface area contributed by atoms with Crippen molar-refractivity contribution in [2.75, 3.05) is 11.4 Å². The molecular weight excluding hydrogens is 674 g/mol. The van der Waals surface area contributed by atoms with Crippen LogP contribution in [0.2, 0.25) is 0 Å². The van der Waals surface area contributed by atoms with Gasteiger partial charge in [-0.15, -0.1) is 0 Å². The van der Waals surface area contributed by atoms with Gasteiger partial charge in [0.05, 0.1) is 11.0 Å². The van der Waals surface area contributed by atoms with Gasteiger partial charge in [-0.05, 0) is 114 Å². The molecule has 1 atom stereocenters. The first-order valence-corrected chi connectivity index (χ1v) is 18.4. The first kappa shape index (κ1) is 37.3. The minimum Gasteiger partial charge on any atom is -0.444 e. The Hall–Kier alpha value is -5.46. The smallest absolute Gasteiger partial charge is 0.407 e. The zero-order valence-electron chi connectivity index (χ0n) is 30.8. The Balaban J connectivity index is 1.19. The van der Waals surface area contributed by atoms with E-state index in [1.165, 1.54) is 4.90 Å². The van der Waals surface area contributed by atoms with E-state index < -0.39 is 23.6 Å². The molecule has 53 heavy (non-hydrogen) atoms. The molecule has 280 valence electrons. The molecule has 2 heterocycles. The number of nitrogens with two attached hydrogens (primary N) is 1. The molecule has 0 spiro atoms. The Bertz CT molecular complexity index is 2030. The minimum absolute atomic E-state index is 0.162. The van der Waals surface area contributed by atoms with Crippen LogP contribution in [0.4, 0.5) is 10.5 Å². The number of nitrogens with one attached hydrogen (secondary N) is 4. The van der Waals surface area contributed by atoms with Crippen LogP contribution in [-0.2, 0) is 20.7 Å². The number of nitrogens with zero attached hydrogens (tertiary/aromatic N) is 2. The minimum atomic E-state index is -1.01. The monoisotopic (exact) mass is 723 g/mol. The number of carbonyl (C=O) groups is 4. The molecule has 4 amide bonds. The highest BCUT2D eigenvalue weighted by atomic mass is 16.6. The molecule has 6 N–H and O–H groups in total. The fourth-order valence-corrected chi connectivity index (χ4v) is 7.15. The third-order valence-corrected chi connectivity index (χ3v) is 10.2. The van der Waals surface area contributed by atoms with Crippen LogP contribution in [-0.4, -0.2) is 63.0 Å². The fourth-order valence-electron chi connectivity index (χ4n) is 7.15. The van der Waals surface area contributed by atoms with Crippen LogP contribution < -0.4 is 27.0 Å². The Labute approximate surface area is 308 Å². The molecule has 6 rings (SSSR count). The van der Waals surface area contributed by atoms with Crippen LogP contribution in [0.25, 0.3) is 22.2 Å². The van der Waals surface area contributed by atoms with Crippen molar-refractivity contribution in [2.24, 2.45) is 17.6 Å². The second-order valence-electron chi connectivity index (χ2n) is 15.4. The molecule has 2 fully saturated rings. The molecule has 0 aliphatic heterocycles. The molecule has 2 aliphatic rings. The molecule has 13 nitrogen and oxygen atoms in total. The molecular formula is C40H49N7O6. The summed E-state index contributed by atoms with van der Waals surface area (Å²) in [6.45, 7) is 7.76. The van der Waals surface area contributed by atoms with Crippen molar-refractivity contribution in [1.29, 1.82) is 0 Å². The van der Waals surface area contributed by atoms with E-state index in [1.54, 1.807) is 24.3 Å². The number of imidazole rings is 1. The lowest BCUT2D eigenvalue weighted by atomic mass is 9.81. The number of ether oxygens (including phenoxy) is 1. The lowest BCUT2D eigenvalue weighted by molar-refractivity contribution is -0.127. The van der Waals surface area contributed by atoms with Gasteiger partial charge in [-0.3, -0.25) is 19.3 Å². The molecule has 4 aromatic rings. The molecule has 0 radical (unpaired) electrons. The highest BCUT2D eigenvalue weighted by Gasteiger charge is 2.36. The first-order valence-electron chi connectivity index (χ1n) is 18.4. The number of fused-ring (bicyclic) bond motifs is 1. The van der Waals surface area contributed by atoms with Crippen LogP contribution in [0.1, 0.15) is 87.5 Å². The first-order chi connectivity index (χ1) is 25.2. The molecule has 13 heteroatoms. The summed E-state index contributed by atoms with van der Waals surface area (Å²) in [6.07, 6.45) is 5.41. The lowest BCUT2D eigenvalue weighted by Gasteiger charge is -2.36. The standard InChI is InChI=1S/C40H49N7O6/c1-23-30(17-19-32(43-23)36(49)44-28-6-5-7-28)26-12-8-24(9-13-26)20-34(35(41)48)47(29-16-18-31-33(21-29)46-38(51)45-31)37(50)27-14-10-25(11-15-27)22-42-39(52)53-40(2,3)4/h8-9,12-13,16-19,21,25,27-28,34H,5-7,10-11,14-15,20,22H2,1-4H3,(H2,41,48)(H,42,52)(H,44,49)(H2,45,46,51)/t25-,27-,34-/m0/s1. The van der Waals surface area contributed by atoms with Crippen LogP contribution in [0.3, 0.4) is 0 Å². The highest BCUT2D eigenvalue weighted by Crippen LogP contribution is 2.34. The highest BCUT2D eigenvalue weighted by molar-refractivity contribution is 6.02. The maximum Gasteiger partial charge on any atom is 0.407 e. The third-order valence-electron chi connectivity index (χ3n) is 10.2. The maximum absolute atomic E-state index is 14.5. The summed E-state index contributed by atoms with van der Waals surface area (Å²) >= 11 is 0. The molecule has 0 unspecified atom stereocenters. The summed E-state index contributed by atoms with van der Waals surface area (Å²) in [5.74, 6) is -1.22. The van der Waals surface area contributed by atoms with Crippen LogP contribution in [0.5, 0.6) is 0 Å². The SMILES string of the molecule is Cc1nc(C(=O)NC2CCC2)ccc1-c1ccc(C[C@@H](C(N)=O)N(c2ccc3[nH]c(=O)[nH]c3c2)C(=O)[C@H]2CC[C@H](CNC(=O)OC(C)(C)C)CC2)cc1. The predicted molar refractivity (Wildman–Crippen MR) is 202 cm³/mol. The number of hydrogen-bond donors (Lipinski definition) is 5. The largest absolute Gasteiger partial charge is 0.444 e. The van der Waals surface area contributed by atoms with Crippen LogP contribution >= 0.6 is 0 Å². The number of rotatable bonds is 11. The van der Waals surface area contributed by atoms with Crippen molar-refractivity contribution in [1.82, 2.24) is 25.6 Å². The zero-order valence-corrected chi connectivity index (χ0v) is 30.8. The number of pyridine rings is 1. The Morgan fingerprint density at radius 3 is 2.26 bits per heavy atom. The van der Waals surface area contributed by atoms with Crippen LogP contribution in [0.15, 0.2) is 59.4 Å². The third kappa shape index (κ3) is 9.13. The number of carbonyl (C=O) groups excluding carboxylic acids is 4. The van der Waals surface area contributed by atoms with Gasteiger partial charge < -0.3 is 31.1 Å². The summed E-state index contributed by atoms with van der Waals surface area (Å²) in [5.41, 5.74) is 10.3. The van der Waals surface area contributed by atoms with Crippen molar-refractivity contribution >= 4 is 40.5 Å². The molecule has 2 saturated carbocycles. The van der Waals surface area contributed by atoms with Crippen molar-refractivity contribution in [3.63, 3.8) is 0 Å². The van der Waals surface area contributed by atoms with Gasteiger partial charge in [0.1, 0.15) is 17.3 Å². The van der Waals surface area contributed by atoms with E-state index in [0.29, 0.717) is 54.6 Å². The topological polar surface area (TPSA) is 192 Å². The second-order valence-corrected chi connectivity index (χ2v) is 15.4. The molecule has 2 aromatic carbocycles. The average Bonchev–Trinajstić information content (AvgIpc) is 3.47. The Kier molecular flexibility index (Phi) is 11.0. The normalized spacial score (nSPS) is 18.1. The number of benzene rings is 2. The van der Waals surface area contributed by atoms with Crippen molar-refractivity contribution < 1.29 is 23.9 Å². The van der Waals surface area contributed by atoms with Gasteiger partial charge in [0, 0.05) is 41.9 Å². The van der Waals surface area contributed by atoms with E-state index >= 15 is 0 Å². The van der Waals surface area contributed by atoms with Gasteiger partial charge >= 0.3 is 11.8 Å². The average molecular weight is 724 g/mol. The number of anilines is 1. The van der Waals surface area contributed by atoms with E-state index in [4.69, 9.17) is 10.5 Å². The summed E-state index contributed by atoms with van der Waals surface area (Å²) < 4.78 is 5.36. The van der Waals surface area contributed by atoms with Crippen molar-refractivity contribution in [3.05, 3.63) is 82.0 Å². The van der Waals surface area contributed by atoms with E-state index in [1.807, 2.05) is 58.0 Å². The zero-order chi connectivity index (χ0) is 37.9. The van der Waals surface area contributed by atoms with Gasteiger partial charge in [0.2, 0.25) is 11.8 Å². The van der Waals surface area contributed by atoms with Crippen molar-refractivity contribution in [2.45, 2.75) is 96.7 Å². The molecule has 0 saturated heterocycles. The second kappa shape index (κ2) is 15.6. The molecule has 0 bridgehead atoms. The summed E-state index contributed by atoms with van der Waals surface area (Å²) in [6, 6.07) is 15.6. The lowest BCUT2D eigenvalue weighted by Crippen LogP contribution is -2.52. The fraction of sp³-hybridized carbons (Fsp3) is 0.450. The number of alkyl carbamates (subject to hydrolysis) is 1. The van der Waals surface area contributed by atoms with Gasteiger partial charge in [0.25, 0.3) is 5.91 Å². The maximum atomic E-state index is 14.5. The number of aromatic amines is 2. The number of primary amides is 1. The number of amides is 4. The van der Waals surface area contributed by atoms with E-state index in [9.17, 15) is 24.0 Å². The summed E-state index contributed by atoms with van der Waals surface area (Å²) in [7, 11) is 0. The van der Waals surface area contributed by atoms with E-state index in [0.717, 1.165) is 41.6 Å². The van der Waals surface area contributed by atoms with Gasteiger partial charge in [-0.1, -0.05) is 30.3 Å². The van der Waals surface area contributed by atoms with E-state index in [2.05, 4.69) is 25.6 Å². The number of H-pyrrole nitrogens is 2. The summed E-state index contributed by atoms with van der Waals surface area (Å²) in [4.78, 5) is 76.1. The van der Waals surface area contributed by atoms with Crippen LogP contribution in [0, 0.1) is 18.8 Å². The summed E-state index contributed by atoms with van der Waals surface area (Å²) in [5, 5.41) is 5.87. The van der Waals surface area contributed by atoms with Gasteiger partial charge in [-0.25, -0.2) is 14.6 Å². The number of aromatic nitrogens is 3. The quantitative estimate of drug-likeness (QED) is 0.139. The Morgan fingerprint density at radius 2 is 1.64 bits per heavy atom. The number of hydrogen-bond acceptors (Lipinski definition) is 7. The van der Waals surface area contributed by atoms with Gasteiger partial charge in [0.15, 0.2) is 0 Å². The molecule has 2 aliphatic carbocycles.